The molecule has 0 spiro atoms. The Morgan fingerprint density at radius 1 is 0.944 bits per heavy atom. The first-order chi connectivity index (χ1) is 8.70. The highest BCUT2D eigenvalue weighted by atomic mass is 16.6. The van der Waals surface area contributed by atoms with Crippen molar-refractivity contribution < 1.29 is 14.6 Å². The van der Waals surface area contributed by atoms with E-state index in [2.05, 4.69) is 6.92 Å². The van der Waals surface area contributed by atoms with Crippen LogP contribution in [-0.2, 0) is 9.53 Å². The standard InChI is InChI=1S/C15H30O3/c1-3-5-6-7-8-9-10-11-12-13-15(17)18-14(16)4-2/h14,16H,3-13H2,1-2H3. The molecule has 0 rings (SSSR count). The second-order valence-corrected chi connectivity index (χ2v) is 4.93. The Kier molecular flexibility index (Phi) is 12.5. The first-order valence-corrected chi connectivity index (χ1v) is 7.58. The average Bonchev–Trinajstić information content (AvgIpc) is 2.36. The predicted molar refractivity (Wildman–Crippen MR) is 74.2 cm³/mol. The van der Waals surface area contributed by atoms with Crippen LogP contribution in [0.25, 0.3) is 0 Å². The van der Waals surface area contributed by atoms with E-state index in [1.165, 1.54) is 44.9 Å². The molecule has 0 saturated heterocycles. The first kappa shape index (κ1) is 17.4. The number of carbonyl (C=O) groups excluding carboxylic acids is 1. The van der Waals surface area contributed by atoms with Crippen LogP contribution in [0.2, 0.25) is 0 Å². The lowest BCUT2D eigenvalue weighted by molar-refractivity contribution is -0.168. The SMILES string of the molecule is CCCCCCCCCCCC(=O)OC(O)CC. The van der Waals surface area contributed by atoms with Crippen LogP contribution in [-0.4, -0.2) is 17.4 Å². The van der Waals surface area contributed by atoms with Gasteiger partial charge in [0.05, 0.1) is 0 Å². The van der Waals surface area contributed by atoms with Crippen molar-refractivity contribution in [3.8, 4) is 0 Å². The fraction of sp³-hybridized carbons (Fsp3) is 0.933. The first-order valence-electron chi connectivity index (χ1n) is 7.58. The summed E-state index contributed by atoms with van der Waals surface area (Å²) < 4.78 is 4.79. The number of esters is 1. The largest absolute Gasteiger partial charge is 0.436 e. The average molecular weight is 258 g/mol. The number of hydrogen-bond acceptors (Lipinski definition) is 3. The van der Waals surface area contributed by atoms with E-state index in [1.54, 1.807) is 6.92 Å². The molecule has 0 aliphatic rings. The van der Waals surface area contributed by atoms with E-state index in [1.807, 2.05) is 0 Å². The monoisotopic (exact) mass is 258 g/mol. The number of carbonyl (C=O) groups is 1. The van der Waals surface area contributed by atoms with Crippen molar-refractivity contribution in [3.05, 3.63) is 0 Å². The summed E-state index contributed by atoms with van der Waals surface area (Å²) >= 11 is 0. The number of aliphatic hydroxyl groups excluding tert-OH is 1. The Balaban J connectivity index is 3.17. The molecule has 0 amide bonds. The molecule has 3 heteroatoms. The van der Waals surface area contributed by atoms with E-state index < -0.39 is 6.29 Å². The molecule has 0 aromatic heterocycles. The number of ether oxygens (including phenoxy) is 1. The Labute approximate surface area is 112 Å². The highest BCUT2D eigenvalue weighted by Gasteiger charge is 2.07. The lowest BCUT2D eigenvalue weighted by Gasteiger charge is -2.09. The van der Waals surface area contributed by atoms with Gasteiger partial charge in [-0.05, 0) is 6.42 Å². The van der Waals surface area contributed by atoms with Crippen molar-refractivity contribution >= 4 is 5.97 Å². The molecular formula is C15H30O3. The van der Waals surface area contributed by atoms with E-state index in [0.29, 0.717) is 12.8 Å². The van der Waals surface area contributed by atoms with Gasteiger partial charge in [-0.3, -0.25) is 4.79 Å². The van der Waals surface area contributed by atoms with E-state index in [4.69, 9.17) is 9.84 Å². The summed E-state index contributed by atoms with van der Waals surface area (Å²) in [5, 5.41) is 9.13. The van der Waals surface area contributed by atoms with E-state index in [-0.39, 0.29) is 5.97 Å². The molecule has 0 aromatic rings. The van der Waals surface area contributed by atoms with Crippen LogP contribution in [0.4, 0.5) is 0 Å². The Morgan fingerprint density at radius 2 is 1.44 bits per heavy atom. The van der Waals surface area contributed by atoms with Crippen LogP contribution in [0.1, 0.15) is 84.5 Å². The van der Waals surface area contributed by atoms with Gasteiger partial charge in [0, 0.05) is 12.8 Å². The molecule has 1 atom stereocenters. The van der Waals surface area contributed by atoms with Gasteiger partial charge < -0.3 is 9.84 Å². The molecule has 0 fully saturated rings. The van der Waals surface area contributed by atoms with Crippen molar-refractivity contribution in [3.63, 3.8) is 0 Å². The Hall–Kier alpha value is -0.570. The molecule has 0 saturated carbocycles. The zero-order valence-corrected chi connectivity index (χ0v) is 12.1. The van der Waals surface area contributed by atoms with Gasteiger partial charge in [-0.15, -0.1) is 0 Å². The van der Waals surface area contributed by atoms with Crippen molar-refractivity contribution in [1.82, 2.24) is 0 Å². The summed E-state index contributed by atoms with van der Waals surface area (Å²) in [6.45, 7) is 4.02. The predicted octanol–water partition coefficient (Wildman–Crippen LogP) is 4.18. The molecular weight excluding hydrogens is 228 g/mol. The summed E-state index contributed by atoms with van der Waals surface area (Å²) in [5.74, 6) is -0.271. The van der Waals surface area contributed by atoms with Crippen LogP contribution >= 0.6 is 0 Å². The molecule has 0 aliphatic heterocycles. The molecule has 0 heterocycles. The third-order valence-corrected chi connectivity index (χ3v) is 3.10. The minimum Gasteiger partial charge on any atom is -0.436 e. The summed E-state index contributed by atoms with van der Waals surface area (Å²) in [7, 11) is 0. The fourth-order valence-corrected chi connectivity index (χ4v) is 1.87. The molecule has 3 nitrogen and oxygen atoms in total. The van der Waals surface area contributed by atoms with Crippen LogP contribution in [0, 0.1) is 0 Å². The zero-order valence-electron chi connectivity index (χ0n) is 12.1. The number of aliphatic hydroxyl groups is 1. The van der Waals surface area contributed by atoms with Gasteiger partial charge in [0.25, 0.3) is 0 Å². The van der Waals surface area contributed by atoms with Crippen molar-refractivity contribution in [2.24, 2.45) is 0 Å². The van der Waals surface area contributed by atoms with Crippen molar-refractivity contribution in [2.45, 2.75) is 90.8 Å². The maximum absolute atomic E-state index is 11.2. The zero-order chi connectivity index (χ0) is 13.6. The van der Waals surface area contributed by atoms with Crippen LogP contribution in [0.5, 0.6) is 0 Å². The molecule has 0 aliphatic carbocycles. The number of rotatable bonds is 12. The third kappa shape index (κ3) is 11.9. The highest BCUT2D eigenvalue weighted by molar-refractivity contribution is 5.69. The van der Waals surface area contributed by atoms with Crippen LogP contribution in [0.3, 0.4) is 0 Å². The van der Waals surface area contributed by atoms with Gasteiger partial charge in [0.2, 0.25) is 0 Å². The van der Waals surface area contributed by atoms with Gasteiger partial charge in [0.15, 0.2) is 6.29 Å². The fourth-order valence-electron chi connectivity index (χ4n) is 1.87. The molecule has 108 valence electrons. The molecule has 0 bridgehead atoms. The molecule has 0 radical (unpaired) electrons. The van der Waals surface area contributed by atoms with E-state index in [9.17, 15) is 4.79 Å². The summed E-state index contributed by atoms with van der Waals surface area (Å²) in [6, 6.07) is 0. The quantitative estimate of drug-likeness (QED) is 0.324. The van der Waals surface area contributed by atoms with Crippen LogP contribution in [0.15, 0.2) is 0 Å². The second-order valence-electron chi connectivity index (χ2n) is 4.93. The molecule has 18 heavy (non-hydrogen) atoms. The lowest BCUT2D eigenvalue weighted by atomic mass is 10.1. The van der Waals surface area contributed by atoms with Gasteiger partial charge >= 0.3 is 5.97 Å². The number of hydrogen-bond donors (Lipinski definition) is 1. The van der Waals surface area contributed by atoms with Gasteiger partial charge in [-0.25, -0.2) is 0 Å². The Bertz CT molecular complexity index is 192. The maximum atomic E-state index is 11.2. The van der Waals surface area contributed by atoms with E-state index in [0.717, 1.165) is 12.8 Å². The molecule has 1 N–H and O–H groups in total. The topological polar surface area (TPSA) is 46.5 Å². The smallest absolute Gasteiger partial charge is 0.308 e. The summed E-state index contributed by atoms with van der Waals surface area (Å²) in [6.07, 6.45) is 11.1. The van der Waals surface area contributed by atoms with Gasteiger partial charge in [-0.2, -0.15) is 0 Å². The van der Waals surface area contributed by atoms with Gasteiger partial charge in [-0.1, -0.05) is 65.2 Å². The summed E-state index contributed by atoms with van der Waals surface area (Å²) in [4.78, 5) is 11.2. The highest BCUT2D eigenvalue weighted by Crippen LogP contribution is 2.11. The molecule has 0 aromatic carbocycles. The van der Waals surface area contributed by atoms with Gasteiger partial charge in [0.1, 0.15) is 0 Å². The molecule has 1 unspecified atom stereocenters. The third-order valence-electron chi connectivity index (χ3n) is 3.10. The lowest BCUT2D eigenvalue weighted by Crippen LogP contribution is -2.16. The summed E-state index contributed by atoms with van der Waals surface area (Å²) in [5.41, 5.74) is 0. The minimum absolute atomic E-state index is 0.271. The van der Waals surface area contributed by atoms with Crippen LogP contribution < -0.4 is 0 Å². The normalized spacial score (nSPS) is 12.4. The van der Waals surface area contributed by atoms with Crippen molar-refractivity contribution in [1.29, 1.82) is 0 Å². The maximum Gasteiger partial charge on any atom is 0.308 e. The van der Waals surface area contributed by atoms with E-state index >= 15 is 0 Å². The Morgan fingerprint density at radius 3 is 1.94 bits per heavy atom. The number of unbranched alkanes of at least 4 members (excludes halogenated alkanes) is 8. The minimum atomic E-state index is -0.920. The second kappa shape index (κ2) is 12.9. The van der Waals surface area contributed by atoms with Crippen molar-refractivity contribution in [2.75, 3.05) is 0 Å².